The number of nitrogens with zero attached hydrogens (tertiary/aromatic N) is 1. The van der Waals surface area contributed by atoms with Crippen molar-refractivity contribution in [2.75, 3.05) is 12.0 Å². The van der Waals surface area contributed by atoms with E-state index in [9.17, 15) is 4.79 Å². The molecule has 4 nitrogen and oxygen atoms in total. The largest absolute Gasteiger partial charge is 0.497 e. The predicted octanol–water partition coefficient (Wildman–Crippen LogP) is 4.66. The third-order valence-electron chi connectivity index (χ3n) is 4.36. The van der Waals surface area contributed by atoms with Gasteiger partial charge in [-0.2, -0.15) is 0 Å². The van der Waals surface area contributed by atoms with Crippen LogP contribution in [-0.2, 0) is 16.1 Å². The van der Waals surface area contributed by atoms with Crippen molar-refractivity contribution >= 4 is 11.6 Å². The van der Waals surface area contributed by atoms with E-state index in [0.29, 0.717) is 6.61 Å². The predicted molar refractivity (Wildman–Crippen MR) is 106 cm³/mol. The fourth-order valence-electron chi connectivity index (χ4n) is 2.88. The van der Waals surface area contributed by atoms with Gasteiger partial charge >= 0.3 is 0 Å². The second kappa shape index (κ2) is 8.86. The number of ether oxygens (including phenoxy) is 2. The summed E-state index contributed by atoms with van der Waals surface area (Å²) in [4.78, 5) is 14.9. The van der Waals surface area contributed by atoms with Crippen molar-refractivity contribution in [2.24, 2.45) is 0 Å². The van der Waals surface area contributed by atoms with Crippen LogP contribution in [0.2, 0.25) is 0 Å². The molecule has 0 spiro atoms. The molecule has 0 aliphatic heterocycles. The number of rotatable bonds is 7. The fraction of sp³-hybridized carbons (Fsp3) is 0.409. The molecule has 0 aromatic heterocycles. The van der Waals surface area contributed by atoms with E-state index < -0.39 is 6.10 Å². The zero-order valence-corrected chi connectivity index (χ0v) is 16.6. The second-order valence-electron chi connectivity index (χ2n) is 6.90. The Kier molecular flexibility index (Phi) is 6.81. The summed E-state index contributed by atoms with van der Waals surface area (Å²) in [5, 5.41) is 0. The maximum atomic E-state index is 13.1. The maximum Gasteiger partial charge on any atom is 0.256 e. The summed E-state index contributed by atoms with van der Waals surface area (Å²) in [5.74, 6) is 0.751. The summed E-state index contributed by atoms with van der Waals surface area (Å²) >= 11 is 0. The van der Waals surface area contributed by atoms with Crippen molar-refractivity contribution in [3.8, 4) is 5.75 Å². The zero-order chi connectivity index (χ0) is 19.3. The van der Waals surface area contributed by atoms with E-state index >= 15 is 0 Å². The molecular formula is C22H29NO3. The molecule has 0 saturated heterocycles. The van der Waals surface area contributed by atoms with E-state index in [2.05, 4.69) is 18.2 Å². The Morgan fingerprint density at radius 1 is 1.08 bits per heavy atom. The molecule has 4 heteroatoms. The Morgan fingerprint density at radius 3 is 2.46 bits per heavy atom. The third-order valence-corrected chi connectivity index (χ3v) is 4.36. The van der Waals surface area contributed by atoms with Gasteiger partial charge < -0.3 is 14.4 Å². The number of carbonyl (C=O) groups excluding carboxylic acids is 1. The number of amides is 1. The molecule has 0 heterocycles. The molecule has 0 aliphatic carbocycles. The number of hydrogen-bond donors (Lipinski definition) is 0. The first-order valence-electron chi connectivity index (χ1n) is 8.98. The number of aryl methyl sites for hydroxylation is 2. The maximum absolute atomic E-state index is 13.1. The Morgan fingerprint density at radius 2 is 1.81 bits per heavy atom. The third kappa shape index (κ3) is 4.85. The molecule has 0 N–H and O–H groups in total. The normalized spacial score (nSPS) is 12.1. The van der Waals surface area contributed by atoms with Gasteiger partial charge in [-0.1, -0.05) is 24.3 Å². The Labute approximate surface area is 156 Å². The highest BCUT2D eigenvalue weighted by molar-refractivity contribution is 5.97. The average Bonchev–Trinajstić information content (AvgIpc) is 2.62. The highest BCUT2D eigenvalue weighted by Gasteiger charge is 2.26. The van der Waals surface area contributed by atoms with E-state index in [1.807, 2.05) is 63.8 Å². The van der Waals surface area contributed by atoms with Gasteiger partial charge in [0.25, 0.3) is 5.91 Å². The molecule has 140 valence electrons. The minimum absolute atomic E-state index is 0.0309. The molecule has 0 aliphatic rings. The first kappa shape index (κ1) is 20.0. The lowest BCUT2D eigenvalue weighted by Gasteiger charge is -2.31. The molecule has 26 heavy (non-hydrogen) atoms. The highest BCUT2D eigenvalue weighted by Crippen LogP contribution is 2.25. The van der Waals surface area contributed by atoms with Gasteiger partial charge in [0, 0.05) is 11.7 Å². The molecular weight excluding hydrogens is 326 g/mol. The van der Waals surface area contributed by atoms with E-state index in [1.54, 1.807) is 7.11 Å². The minimum atomic E-state index is -0.538. The average molecular weight is 355 g/mol. The molecule has 0 fully saturated rings. The SMILES string of the molecule is COc1cccc(COC(C)C(=O)N(c2cc(C)ccc2C)C(C)C)c1. The van der Waals surface area contributed by atoms with Gasteiger partial charge in [-0.3, -0.25) is 4.79 Å². The Bertz CT molecular complexity index is 755. The van der Waals surface area contributed by atoms with E-state index in [4.69, 9.17) is 9.47 Å². The lowest BCUT2D eigenvalue weighted by atomic mass is 10.1. The zero-order valence-electron chi connectivity index (χ0n) is 16.6. The molecule has 0 radical (unpaired) electrons. The van der Waals surface area contributed by atoms with Crippen LogP contribution in [0.25, 0.3) is 0 Å². The van der Waals surface area contributed by atoms with Gasteiger partial charge in [0.15, 0.2) is 0 Å². The summed E-state index contributed by atoms with van der Waals surface area (Å²) < 4.78 is 11.1. The van der Waals surface area contributed by atoms with Gasteiger partial charge in [0.2, 0.25) is 0 Å². The van der Waals surface area contributed by atoms with Crippen molar-refractivity contribution in [2.45, 2.75) is 53.4 Å². The monoisotopic (exact) mass is 355 g/mol. The van der Waals surface area contributed by atoms with Crippen LogP contribution >= 0.6 is 0 Å². The van der Waals surface area contributed by atoms with Crippen molar-refractivity contribution < 1.29 is 14.3 Å². The van der Waals surface area contributed by atoms with Crippen LogP contribution < -0.4 is 9.64 Å². The first-order valence-corrected chi connectivity index (χ1v) is 8.98. The summed E-state index contributed by atoms with van der Waals surface area (Å²) in [7, 11) is 1.64. The molecule has 1 amide bonds. The van der Waals surface area contributed by atoms with Crippen molar-refractivity contribution in [1.82, 2.24) is 0 Å². The summed E-state index contributed by atoms with van der Waals surface area (Å²) in [6, 6.07) is 13.9. The van der Waals surface area contributed by atoms with Crippen molar-refractivity contribution in [3.63, 3.8) is 0 Å². The molecule has 2 aromatic carbocycles. The summed E-state index contributed by atoms with van der Waals surface area (Å²) in [5.41, 5.74) is 4.14. The number of anilines is 1. The first-order chi connectivity index (χ1) is 12.3. The summed E-state index contributed by atoms with van der Waals surface area (Å²) in [6.07, 6.45) is -0.538. The van der Waals surface area contributed by atoms with Crippen LogP contribution in [0.1, 0.15) is 37.5 Å². The lowest BCUT2D eigenvalue weighted by Crippen LogP contribution is -2.43. The van der Waals surface area contributed by atoms with Crippen LogP contribution in [0.15, 0.2) is 42.5 Å². The van der Waals surface area contributed by atoms with E-state index in [0.717, 1.165) is 28.1 Å². The number of methoxy groups -OCH3 is 1. The molecule has 1 unspecified atom stereocenters. The van der Waals surface area contributed by atoms with E-state index in [1.165, 1.54) is 0 Å². The summed E-state index contributed by atoms with van der Waals surface area (Å²) in [6.45, 7) is 10.3. The van der Waals surface area contributed by atoms with Gasteiger partial charge in [-0.15, -0.1) is 0 Å². The highest BCUT2D eigenvalue weighted by atomic mass is 16.5. The smallest absolute Gasteiger partial charge is 0.256 e. The van der Waals surface area contributed by atoms with Crippen molar-refractivity contribution in [3.05, 3.63) is 59.2 Å². The molecule has 1 atom stereocenters. The Balaban J connectivity index is 2.14. The fourth-order valence-corrected chi connectivity index (χ4v) is 2.88. The second-order valence-corrected chi connectivity index (χ2v) is 6.90. The van der Waals surface area contributed by atoms with Crippen LogP contribution in [0.5, 0.6) is 5.75 Å². The van der Waals surface area contributed by atoms with Gasteiger partial charge in [0.05, 0.1) is 13.7 Å². The lowest BCUT2D eigenvalue weighted by molar-refractivity contribution is -0.130. The van der Waals surface area contributed by atoms with Crippen LogP contribution in [-0.4, -0.2) is 25.2 Å². The van der Waals surface area contributed by atoms with Crippen molar-refractivity contribution in [1.29, 1.82) is 0 Å². The van der Waals surface area contributed by atoms with Gasteiger partial charge in [0.1, 0.15) is 11.9 Å². The number of benzene rings is 2. The molecule has 0 bridgehead atoms. The number of hydrogen-bond acceptors (Lipinski definition) is 3. The van der Waals surface area contributed by atoms with Crippen LogP contribution in [0.3, 0.4) is 0 Å². The van der Waals surface area contributed by atoms with Crippen LogP contribution in [0.4, 0.5) is 5.69 Å². The minimum Gasteiger partial charge on any atom is -0.497 e. The number of carbonyl (C=O) groups is 1. The quantitative estimate of drug-likeness (QED) is 0.725. The topological polar surface area (TPSA) is 38.8 Å². The Hall–Kier alpha value is -2.33. The molecule has 0 saturated carbocycles. The van der Waals surface area contributed by atoms with Gasteiger partial charge in [-0.05, 0) is 69.5 Å². The molecule has 2 rings (SSSR count). The van der Waals surface area contributed by atoms with Gasteiger partial charge in [-0.25, -0.2) is 0 Å². The molecule has 2 aromatic rings. The standard InChI is InChI=1S/C22H29NO3/c1-15(2)23(21-12-16(3)10-11-17(21)4)22(24)18(5)26-14-19-8-7-9-20(13-19)25-6/h7-13,15,18H,14H2,1-6H3. The van der Waals surface area contributed by atoms with Crippen LogP contribution in [0, 0.1) is 13.8 Å². The van der Waals surface area contributed by atoms with E-state index in [-0.39, 0.29) is 11.9 Å².